The Kier molecular flexibility index (Phi) is 3.52. The number of rotatable bonds is 5. The topological polar surface area (TPSA) is 69.9 Å². The molecule has 0 fully saturated rings. The third kappa shape index (κ3) is 2.44. The summed E-state index contributed by atoms with van der Waals surface area (Å²) in [4.78, 5) is 4.40. The first-order valence-corrected chi connectivity index (χ1v) is 6.89. The fourth-order valence-electron chi connectivity index (χ4n) is 2.32. The molecule has 0 amide bonds. The number of nitrogens with two attached hydrogens (primary N) is 1. The molecule has 20 heavy (non-hydrogen) atoms. The summed E-state index contributed by atoms with van der Waals surface area (Å²) in [5, 5.41) is 5.17. The highest BCUT2D eigenvalue weighted by atomic mass is 16.5. The molecule has 1 aromatic carbocycles. The number of hydrogen-bond acceptors (Lipinski definition) is 4. The summed E-state index contributed by atoms with van der Waals surface area (Å²) in [6, 6.07) is 8.33. The lowest BCUT2D eigenvalue weighted by Gasteiger charge is -2.03. The maximum Gasteiger partial charge on any atom is 0.246 e. The summed E-state index contributed by atoms with van der Waals surface area (Å²) >= 11 is 0. The fraction of sp³-hybridized carbons (Fsp3) is 0.333. The van der Waals surface area contributed by atoms with E-state index in [2.05, 4.69) is 45.9 Å². The molecule has 0 atom stereocenters. The van der Waals surface area contributed by atoms with Crippen LogP contribution in [0.15, 0.2) is 35.0 Å². The second-order valence-corrected chi connectivity index (χ2v) is 4.90. The van der Waals surface area contributed by atoms with Crippen molar-refractivity contribution in [3.63, 3.8) is 0 Å². The molecule has 3 aromatic rings. The Balaban J connectivity index is 1.89. The SMILES string of the molecule is CCCc1noc(Cn2ccc3ccc(CN)cc32)n1. The third-order valence-corrected chi connectivity index (χ3v) is 3.36. The minimum absolute atomic E-state index is 0.544. The molecule has 5 nitrogen and oxygen atoms in total. The molecular weight excluding hydrogens is 252 g/mol. The van der Waals surface area contributed by atoms with Crippen LogP contribution < -0.4 is 5.73 Å². The van der Waals surface area contributed by atoms with Gasteiger partial charge in [-0.2, -0.15) is 4.98 Å². The average molecular weight is 270 g/mol. The van der Waals surface area contributed by atoms with Crippen LogP contribution in [0.1, 0.15) is 30.6 Å². The van der Waals surface area contributed by atoms with Crippen LogP contribution in [0.5, 0.6) is 0 Å². The minimum Gasteiger partial charge on any atom is -0.338 e. The molecule has 0 aliphatic carbocycles. The van der Waals surface area contributed by atoms with Gasteiger partial charge in [-0.05, 0) is 29.5 Å². The van der Waals surface area contributed by atoms with Crippen LogP contribution in [-0.4, -0.2) is 14.7 Å². The van der Waals surface area contributed by atoms with Crippen LogP contribution in [0.3, 0.4) is 0 Å². The van der Waals surface area contributed by atoms with Gasteiger partial charge < -0.3 is 14.8 Å². The van der Waals surface area contributed by atoms with Gasteiger partial charge >= 0.3 is 0 Å². The van der Waals surface area contributed by atoms with E-state index in [4.69, 9.17) is 10.3 Å². The Morgan fingerprint density at radius 3 is 3.00 bits per heavy atom. The molecule has 104 valence electrons. The van der Waals surface area contributed by atoms with Crippen LogP contribution in [0.4, 0.5) is 0 Å². The van der Waals surface area contributed by atoms with Gasteiger partial charge in [0.15, 0.2) is 5.82 Å². The average Bonchev–Trinajstić information content (AvgIpc) is 3.07. The molecule has 2 aromatic heterocycles. The van der Waals surface area contributed by atoms with Crippen molar-refractivity contribution in [1.29, 1.82) is 0 Å². The smallest absolute Gasteiger partial charge is 0.246 e. The summed E-state index contributed by atoms with van der Waals surface area (Å²) in [7, 11) is 0. The van der Waals surface area contributed by atoms with E-state index in [0.29, 0.717) is 19.0 Å². The summed E-state index contributed by atoms with van der Waals surface area (Å²) in [5.41, 5.74) is 7.96. The second-order valence-electron chi connectivity index (χ2n) is 4.90. The van der Waals surface area contributed by atoms with Crippen molar-refractivity contribution in [2.24, 2.45) is 5.73 Å². The largest absolute Gasteiger partial charge is 0.338 e. The van der Waals surface area contributed by atoms with Gasteiger partial charge in [0.2, 0.25) is 5.89 Å². The van der Waals surface area contributed by atoms with Gasteiger partial charge in [0, 0.05) is 24.7 Å². The van der Waals surface area contributed by atoms with Crippen LogP contribution >= 0.6 is 0 Å². The van der Waals surface area contributed by atoms with E-state index in [1.165, 1.54) is 5.39 Å². The predicted molar refractivity (Wildman–Crippen MR) is 77.2 cm³/mol. The Bertz CT molecular complexity index is 714. The molecule has 0 aliphatic rings. The molecule has 0 saturated carbocycles. The van der Waals surface area contributed by atoms with Crippen LogP contribution in [0.2, 0.25) is 0 Å². The number of aryl methyl sites for hydroxylation is 1. The normalized spacial score (nSPS) is 11.3. The van der Waals surface area contributed by atoms with Crippen molar-refractivity contribution >= 4 is 10.9 Å². The third-order valence-electron chi connectivity index (χ3n) is 3.36. The van der Waals surface area contributed by atoms with Gasteiger partial charge in [-0.15, -0.1) is 0 Å². The van der Waals surface area contributed by atoms with E-state index in [-0.39, 0.29) is 0 Å². The Hall–Kier alpha value is -2.14. The van der Waals surface area contributed by atoms with Gasteiger partial charge in [0.05, 0.1) is 0 Å². The fourth-order valence-corrected chi connectivity index (χ4v) is 2.32. The van der Waals surface area contributed by atoms with Gasteiger partial charge in [-0.25, -0.2) is 0 Å². The summed E-state index contributed by atoms with van der Waals surface area (Å²) in [6.45, 7) is 3.24. The molecule has 0 radical (unpaired) electrons. The Morgan fingerprint density at radius 2 is 2.20 bits per heavy atom. The first-order chi connectivity index (χ1) is 9.80. The monoisotopic (exact) mass is 270 g/mol. The quantitative estimate of drug-likeness (QED) is 0.773. The molecule has 0 saturated heterocycles. The van der Waals surface area contributed by atoms with Gasteiger partial charge in [-0.1, -0.05) is 24.2 Å². The number of benzene rings is 1. The van der Waals surface area contributed by atoms with Crippen molar-refractivity contribution in [1.82, 2.24) is 14.7 Å². The van der Waals surface area contributed by atoms with Gasteiger partial charge in [0.25, 0.3) is 0 Å². The van der Waals surface area contributed by atoms with E-state index in [0.717, 1.165) is 29.7 Å². The maximum absolute atomic E-state index is 5.70. The van der Waals surface area contributed by atoms with Crippen molar-refractivity contribution in [2.75, 3.05) is 0 Å². The number of aromatic nitrogens is 3. The number of hydrogen-bond donors (Lipinski definition) is 1. The molecule has 2 N–H and O–H groups in total. The minimum atomic E-state index is 0.544. The number of fused-ring (bicyclic) bond motifs is 1. The molecule has 3 rings (SSSR count). The highest BCUT2D eigenvalue weighted by molar-refractivity contribution is 5.80. The lowest BCUT2D eigenvalue weighted by atomic mass is 10.1. The maximum atomic E-state index is 5.70. The molecule has 5 heteroatoms. The first kappa shape index (κ1) is 12.9. The predicted octanol–water partition coefficient (Wildman–Crippen LogP) is 2.48. The Morgan fingerprint density at radius 1 is 1.30 bits per heavy atom. The zero-order valence-corrected chi connectivity index (χ0v) is 11.5. The highest BCUT2D eigenvalue weighted by Gasteiger charge is 2.08. The lowest BCUT2D eigenvalue weighted by Crippen LogP contribution is -2.00. The molecule has 0 bridgehead atoms. The van der Waals surface area contributed by atoms with Crippen molar-refractivity contribution < 1.29 is 4.52 Å². The van der Waals surface area contributed by atoms with Crippen molar-refractivity contribution in [3.8, 4) is 0 Å². The molecule has 0 spiro atoms. The van der Waals surface area contributed by atoms with Crippen LogP contribution in [0.25, 0.3) is 10.9 Å². The van der Waals surface area contributed by atoms with Gasteiger partial charge in [0.1, 0.15) is 6.54 Å². The lowest BCUT2D eigenvalue weighted by molar-refractivity contribution is 0.367. The van der Waals surface area contributed by atoms with Crippen molar-refractivity contribution in [2.45, 2.75) is 32.9 Å². The summed E-state index contributed by atoms with van der Waals surface area (Å²) < 4.78 is 7.40. The number of nitrogens with zero attached hydrogens (tertiary/aromatic N) is 3. The van der Waals surface area contributed by atoms with Crippen LogP contribution in [0, 0.1) is 0 Å². The van der Waals surface area contributed by atoms with E-state index >= 15 is 0 Å². The molecule has 0 aliphatic heterocycles. The van der Waals surface area contributed by atoms with Gasteiger partial charge in [-0.3, -0.25) is 0 Å². The zero-order valence-electron chi connectivity index (χ0n) is 11.5. The first-order valence-electron chi connectivity index (χ1n) is 6.89. The van der Waals surface area contributed by atoms with Crippen LogP contribution in [-0.2, 0) is 19.5 Å². The molecule has 2 heterocycles. The highest BCUT2D eigenvalue weighted by Crippen LogP contribution is 2.18. The summed E-state index contributed by atoms with van der Waals surface area (Å²) in [5.74, 6) is 1.42. The van der Waals surface area contributed by atoms with E-state index in [1.54, 1.807) is 0 Å². The standard InChI is InChI=1S/C15H18N4O/c1-2-3-14-17-15(20-18-14)10-19-7-6-12-5-4-11(9-16)8-13(12)19/h4-8H,2-3,9-10,16H2,1H3. The second kappa shape index (κ2) is 5.46. The molecular formula is C15H18N4O. The van der Waals surface area contributed by atoms with E-state index in [1.807, 2.05) is 6.20 Å². The zero-order chi connectivity index (χ0) is 13.9. The Labute approximate surface area is 117 Å². The van der Waals surface area contributed by atoms with E-state index in [9.17, 15) is 0 Å². The molecule has 0 unspecified atom stereocenters. The summed E-state index contributed by atoms with van der Waals surface area (Å²) in [6.07, 6.45) is 3.91. The van der Waals surface area contributed by atoms with E-state index < -0.39 is 0 Å². The van der Waals surface area contributed by atoms with Crippen molar-refractivity contribution in [3.05, 3.63) is 47.7 Å².